The fourth-order valence-corrected chi connectivity index (χ4v) is 1.61. The van der Waals surface area contributed by atoms with Crippen LogP contribution in [0.4, 0.5) is 0 Å². The fourth-order valence-electron chi connectivity index (χ4n) is 1.61. The second-order valence-electron chi connectivity index (χ2n) is 3.73. The van der Waals surface area contributed by atoms with E-state index in [1.54, 1.807) is 16.9 Å². The second kappa shape index (κ2) is 4.49. The van der Waals surface area contributed by atoms with Gasteiger partial charge in [0.1, 0.15) is 11.5 Å². The van der Waals surface area contributed by atoms with Gasteiger partial charge in [0.15, 0.2) is 6.10 Å². The highest BCUT2D eigenvalue weighted by molar-refractivity contribution is 5.17. The Morgan fingerprint density at radius 2 is 2.31 bits per heavy atom. The molecule has 2 rings (SSSR count). The second-order valence-corrected chi connectivity index (χ2v) is 3.73. The Bertz CT molecular complexity index is 461. The lowest BCUT2D eigenvalue weighted by atomic mass is 10.2. The standard InChI is InChI=1S/C11H15N3O2/c1-3-6-14-9(7-12-13-14)11(15)10-5-4-8(2)16-10/h4-5,7,11,15H,3,6H2,1-2H3. The highest BCUT2D eigenvalue weighted by atomic mass is 16.4. The normalized spacial score (nSPS) is 12.9. The summed E-state index contributed by atoms with van der Waals surface area (Å²) in [6, 6.07) is 3.59. The van der Waals surface area contributed by atoms with E-state index in [9.17, 15) is 5.11 Å². The molecular formula is C11H15N3O2. The van der Waals surface area contributed by atoms with Crippen molar-refractivity contribution in [2.45, 2.75) is 32.9 Å². The van der Waals surface area contributed by atoms with Crippen LogP contribution in [-0.2, 0) is 6.54 Å². The number of rotatable bonds is 4. The molecule has 1 N–H and O–H groups in total. The number of aromatic nitrogens is 3. The SMILES string of the molecule is CCCn1nncc1C(O)c1ccc(C)o1. The molecule has 0 fully saturated rings. The largest absolute Gasteiger partial charge is 0.463 e. The highest BCUT2D eigenvalue weighted by Gasteiger charge is 2.18. The molecular weight excluding hydrogens is 206 g/mol. The van der Waals surface area contributed by atoms with Crippen molar-refractivity contribution in [1.29, 1.82) is 0 Å². The minimum absolute atomic E-state index is 0.525. The van der Waals surface area contributed by atoms with Crippen LogP contribution in [-0.4, -0.2) is 20.1 Å². The van der Waals surface area contributed by atoms with Gasteiger partial charge in [-0.15, -0.1) is 5.10 Å². The molecule has 2 aromatic heterocycles. The summed E-state index contributed by atoms with van der Waals surface area (Å²) in [6.45, 7) is 4.64. The van der Waals surface area contributed by atoms with E-state index in [2.05, 4.69) is 17.2 Å². The van der Waals surface area contributed by atoms with Gasteiger partial charge in [-0.1, -0.05) is 12.1 Å². The average Bonchev–Trinajstić information content (AvgIpc) is 2.87. The van der Waals surface area contributed by atoms with Gasteiger partial charge in [-0.05, 0) is 25.5 Å². The van der Waals surface area contributed by atoms with Crippen LogP contribution in [0.3, 0.4) is 0 Å². The van der Waals surface area contributed by atoms with Crippen LogP contribution < -0.4 is 0 Å². The van der Waals surface area contributed by atoms with E-state index in [0.29, 0.717) is 11.5 Å². The van der Waals surface area contributed by atoms with Crippen LogP contribution in [0.1, 0.15) is 36.7 Å². The topological polar surface area (TPSA) is 64.1 Å². The predicted molar refractivity (Wildman–Crippen MR) is 57.8 cm³/mol. The summed E-state index contributed by atoms with van der Waals surface area (Å²) in [4.78, 5) is 0. The van der Waals surface area contributed by atoms with E-state index in [1.807, 2.05) is 13.0 Å². The van der Waals surface area contributed by atoms with Crippen LogP contribution in [0.5, 0.6) is 0 Å². The molecule has 86 valence electrons. The molecule has 0 saturated carbocycles. The molecule has 2 heterocycles. The Kier molecular flexibility index (Phi) is 3.05. The van der Waals surface area contributed by atoms with E-state index in [-0.39, 0.29) is 0 Å². The van der Waals surface area contributed by atoms with E-state index >= 15 is 0 Å². The maximum Gasteiger partial charge on any atom is 0.155 e. The Morgan fingerprint density at radius 1 is 1.50 bits per heavy atom. The molecule has 0 aliphatic carbocycles. The molecule has 0 aliphatic heterocycles. The number of aliphatic hydroxyl groups is 1. The summed E-state index contributed by atoms with van der Waals surface area (Å²) < 4.78 is 7.08. The lowest BCUT2D eigenvalue weighted by Gasteiger charge is -2.09. The van der Waals surface area contributed by atoms with Gasteiger partial charge < -0.3 is 9.52 Å². The number of furan rings is 1. The van der Waals surface area contributed by atoms with Crippen molar-refractivity contribution in [3.8, 4) is 0 Å². The van der Waals surface area contributed by atoms with Gasteiger partial charge in [-0.3, -0.25) is 0 Å². The zero-order valence-electron chi connectivity index (χ0n) is 9.42. The Morgan fingerprint density at radius 3 is 2.94 bits per heavy atom. The molecule has 5 nitrogen and oxygen atoms in total. The van der Waals surface area contributed by atoms with Crippen molar-refractivity contribution in [2.75, 3.05) is 0 Å². The van der Waals surface area contributed by atoms with E-state index < -0.39 is 6.10 Å². The third kappa shape index (κ3) is 1.99. The summed E-state index contributed by atoms with van der Waals surface area (Å²) in [6.07, 6.45) is 1.72. The lowest BCUT2D eigenvalue weighted by molar-refractivity contribution is 0.176. The van der Waals surface area contributed by atoms with Gasteiger partial charge in [0.2, 0.25) is 0 Å². The molecule has 0 amide bonds. The van der Waals surface area contributed by atoms with Gasteiger partial charge in [-0.2, -0.15) is 0 Å². The number of nitrogens with zero attached hydrogens (tertiary/aromatic N) is 3. The van der Waals surface area contributed by atoms with Crippen LogP contribution in [0, 0.1) is 6.92 Å². The average molecular weight is 221 g/mol. The minimum Gasteiger partial charge on any atom is -0.463 e. The van der Waals surface area contributed by atoms with Crippen molar-refractivity contribution in [3.05, 3.63) is 35.5 Å². The number of hydrogen-bond donors (Lipinski definition) is 1. The van der Waals surface area contributed by atoms with Gasteiger partial charge in [-0.25, -0.2) is 4.68 Å². The van der Waals surface area contributed by atoms with Gasteiger partial charge in [0, 0.05) is 6.54 Å². The van der Waals surface area contributed by atoms with Crippen LogP contribution in [0.15, 0.2) is 22.7 Å². The van der Waals surface area contributed by atoms with Gasteiger partial charge in [0.05, 0.1) is 11.9 Å². The van der Waals surface area contributed by atoms with Crippen molar-refractivity contribution < 1.29 is 9.52 Å². The van der Waals surface area contributed by atoms with Crippen LogP contribution in [0.25, 0.3) is 0 Å². The number of aliphatic hydroxyl groups excluding tert-OH is 1. The molecule has 0 spiro atoms. The summed E-state index contributed by atoms with van der Waals surface area (Å²) in [5.74, 6) is 1.31. The summed E-state index contributed by atoms with van der Waals surface area (Å²) in [5, 5.41) is 17.8. The quantitative estimate of drug-likeness (QED) is 0.853. The first-order chi connectivity index (χ1) is 7.72. The molecule has 1 unspecified atom stereocenters. The monoisotopic (exact) mass is 221 g/mol. The molecule has 0 bridgehead atoms. The molecule has 1 atom stereocenters. The zero-order valence-corrected chi connectivity index (χ0v) is 9.42. The zero-order chi connectivity index (χ0) is 11.5. The summed E-state index contributed by atoms with van der Waals surface area (Å²) in [7, 11) is 0. The lowest BCUT2D eigenvalue weighted by Crippen LogP contribution is -2.09. The van der Waals surface area contributed by atoms with E-state index in [4.69, 9.17) is 4.42 Å². The summed E-state index contributed by atoms with van der Waals surface area (Å²) in [5.41, 5.74) is 0.663. The highest BCUT2D eigenvalue weighted by Crippen LogP contribution is 2.22. The third-order valence-corrected chi connectivity index (χ3v) is 2.39. The molecule has 0 radical (unpaired) electrons. The molecule has 0 aromatic carbocycles. The molecule has 0 aliphatic rings. The maximum absolute atomic E-state index is 10.1. The van der Waals surface area contributed by atoms with E-state index in [0.717, 1.165) is 18.7 Å². The van der Waals surface area contributed by atoms with Gasteiger partial charge in [0.25, 0.3) is 0 Å². The van der Waals surface area contributed by atoms with Gasteiger partial charge >= 0.3 is 0 Å². The smallest absolute Gasteiger partial charge is 0.155 e. The minimum atomic E-state index is -0.796. The van der Waals surface area contributed by atoms with Crippen molar-refractivity contribution in [3.63, 3.8) is 0 Å². The number of hydrogen-bond acceptors (Lipinski definition) is 4. The molecule has 0 saturated heterocycles. The third-order valence-electron chi connectivity index (χ3n) is 2.39. The first kappa shape index (κ1) is 10.9. The Labute approximate surface area is 93.7 Å². The first-order valence-electron chi connectivity index (χ1n) is 5.35. The Balaban J connectivity index is 2.26. The Hall–Kier alpha value is -1.62. The molecule has 2 aromatic rings. The van der Waals surface area contributed by atoms with E-state index in [1.165, 1.54) is 0 Å². The number of aryl methyl sites for hydroxylation is 2. The predicted octanol–water partition coefficient (Wildman–Crippen LogP) is 1.67. The maximum atomic E-state index is 10.1. The van der Waals surface area contributed by atoms with Crippen molar-refractivity contribution >= 4 is 0 Å². The van der Waals surface area contributed by atoms with Crippen molar-refractivity contribution in [1.82, 2.24) is 15.0 Å². The fraction of sp³-hybridized carbons (Fsp3) is 0.455. The van der Waals surface area contributed by atoms with Crippen LogP contribution >= 0.6 is 0 Å². The summed E-state index contributed by atoms with van der Waals surface area (Å²) >= 11 is 0. The molecule has 16 heavy (non-hydrogen) atoms. The van der Waals surface area contributed by atoms with Crippen LogP contribution in [0.2, 0.25) is 0 Å². The van der Waals surface area contributed by atoms with Crippen molar-refractivity contribution in [2.24, 2.45) is 0 Å². The molecule has 5 heteroatoms. The first-order valence-corrected chi connectivity index (χ1v) is 5.35.